The van der Waals surface area contributed by atoms with Gasteiger partial charge in [0.25, 0.3) is 0 Å². The van der Waals surface area contributed by atoms with Crippen molar-refractivity contribution in [2.24, 2.45) is 0 Å². The molecule has 0 radical (unpaired) electrons. The normalized spacial score (nSPS) is 10.6. The number of rotatable bonds is 9. The largest absolute Gasteiger partial charge is 0.490 e. The van der Waals surface area contributed by atoms with Crippen molar-refractivity contribution in [3.63, 3.8) is 0 Å². The maximum absolute atomic E-state index is 5.37. The first-order valence-corrected chi connectivity index (χ1v) is 6.70. The minimum atomic E-state index is 0.678. The third-order valence-electron chi connectivity index (χ3n) is 2.68. The maximum Gasteiger partial charge on any atom is 0.204 e. The van der Waals surface area contributed by atoms with Crippen LogP contribution >= 0.6 is 0 Å². The van der Waals surface area contributed by atoms with Gasteiger partial charge in [-0.3, -0.25) is 0 Å². The number of hydrogen-bond acceptors (Lipinski definition) is 6. The Labute approximate surface area is 115 Å². The summed E-state index contributed by atoms with van der Waals surface area (Å²) in [6.07, 6.45) is 3.80. The van der Waals surface area contributed by atoms with Gasteiger partial charge >= 0.3 is 0 Å². The minimum absolute atomic E-state index is 0.678. The molecule has 1 aromatic heterocycles. The summed E-state index contributed by atoms with van der Waals surface area (Å²) in [5.74, 6) is 2.16. The van der Waals surface area contributed by atoms with Crippen molar-refractivity contribution in [1.29, 1.82) is 0 Å². The minimum Gasteiger partial charge on any atom is -0.490 e. The highest BCUT2D eigenvalue weighted by molar-refractivity contribution is 5.63. The summed E-state index contributed by atoms with van der Waals surface area (Å²) in [7, 11) is 5.81. The van der Waals surface area contributed by atoms with E-state index in [1.807, 2.05) is 6.92 Å². The van der Waals surface area contributed by atoms with Crippen molar-refractivity contribution in [3.8, 4) is 5.75 Å². The summed E-state index contributed by atoms with van der Waals surface area (Å²) in [5, 5.41) is 6.46. The van der Waals surface area contributed by atoms with Crippen LogP contribution < -0.4 is 15.4 Å². The first kappa shape index (κ1) is 15.5. The Bertz CT molecular complexity index is 370. The molecular weight excluding hydrogens is 242 g/mol. The second kappa shape index (κ2) is 8.53. The second-order valence-electron chi connectivity index (χ2n) is 4.57. The Morgan fingerprint density at radius 2 is 1.84 bits per heavy atom. The third kappa shape index (κ3) is 5.30. The Balaban J connectivity index is 2.50. The molecule has 0 amide bonds. The smallest absolute Gasteiger partial charge is 0.204 e. The first-order chi connectivity index (χ1) is 9.19. The quantitative estimate of drug-likeness (QED) is 0.664. The fourth-order valence-corrected chi connectivity index (χ4v) is 1.75. The van der Waals surface area contributed by atoms with Crippen LogP contribution in [-0.4, -0.2) is 55.7 Å². The van der Waals surface area contributed by atoms with Gasteiger partial charge in [0.15, 0.2) is 11.6 Å². The molecule has 0 spiro atoms. The average molecular weight is 267 g/mol. The molecular formula is C13H25N5O. The first-order valence-electron chi connectivity index (χ1n) is 6.70. The summed E-state index contributed by atoms with van der Waals surface area (Å²) in [5.41, 5.74) is 0. The van der Waals surface area contributed by atoms with Crippen LogP contribution in [0, 0.1) is 0 Å². The zero-order valence-electron chi connectivity index (χ0n) is 12.4. The van der Waals surface area contributed by atoms with Crippen LogP contribution in [0.15, 0.2) is 6.33 Å². The molecule has 6 nitrogen and oxygen atoms in total. The molecule has 0 saturated heterocycles. The number of hydrogen-bond donors (Lipinski definition) is 2. The maximum atomic E-state index is 5.37. The molecule has 0 saturated carbocycles. The van der Waals surface area contributed by atoms with Crippen molar-refractivity contribution in [2.75, 3.05) is 51.5 Å². The van der Waals surface area contributed by atoms with Gasteiger partial charge < -0.3 is 20.3 Å². The summed E-state index contributed by atoms with van der Waals surface area (Å²) in [4.78, 5) is 10.6. The molecule has 6 heteroatoms. The van der Waals surface area contributed by atoms with E-state index in [1.54, 1.807) is 13.4 Å². The van der Waals surface area contributed by atoms with Crippen LogP contribution in [0.2, 0.25) is 0 Å². The van der Waals surface area contributed by atoms with Gasteiger partial charge in [0.05, 0.1) is 7.11 Å². The molecule has 0 atom stereocenters. The van der Waals surface area contributed by atoms with E-state index in [0.29, 0.717) is 5.75 Å². The van der Waals surface area contributed by atoms with E-state index in [1.165, 1.54) is 0 Å². The lowest BCUT2D eigenvalue weighted by Gasteiger charge is -2.14. The summed E-state index contributed by atoms with van der Waals surface area (Å²) in [6, 6.07) is 0. The van der Waals surface area contributed by atoms with E-state index in [0.717, 1.165) is 44.1 Å². The number of nitrogens with zero attached hydrogens (tertiary/aromatic N) is 3. The van der Waals surface area contributed by atoms with Crippen molar-refractivity contribution < 1.29 is 4.74 Å². The van der Waals surface area contributed by atoms with Crippen LogP contribution in [0.5, 0.6) is 5.75 Å². The highest BCUT2D eigenvalue weighted by Crippen LogP contribution is 2.28. The molecule has 19 heavy (non-hydrogen) atoms. The lowest BCUT2D eigenvalue weighted by molar-refractivity contribution is 0.396. The lowest BCUT2D eigenvalue weighted by atomic mass is 10.3. The lowest BCUT2D eigenvalue weighted by Crippen LogP contribution is -2.14. The highest BCUT2D eigenvalue weighted by atomic mass is 16.5. The number of anilines is 2. The van der Waals surface area contributed by atoms with E-state index < -0.39 is 0 Å². The summed E-state index contributed by atoms with van der Waals surface area (Å²) < 4.78 is 5.37. The summed E-state index contributed by atoms with van der Waals surface area (Å²) >= 11 is 0. The Kier molecular flexibility index (Phi) is 6.95. The Hall–Kier alpha value is -1.56. The number of nitrogens with one attached hydrogen (secondary N) is 2. The van der Waals surface area contributed by atoms with Gasteiger partial charge in [0, 0.05) is 13.1 Å². The molecule has 108 valence electrons. The summed E-state index contributed by atoms with van der Waals surface area (Å²) in [6.45, 7) is 4.81. The molecule has 0 aromatic carbocycles. The van der Waals surface area contributed by atoms with Gasteiger partial charge in [-0.05, 0) is 40.4 Å². The number of aromatic nitrogens is 2. The van der Waals surface area contributed by atoms with Crippen molar-refractivity contribution in [1.82, 2.24) is 14.9 Å². The molecule has 0 aliphatic rings. The molecule has 0 aliphatic carbocycles. The van der Waals surface area contributed by atoms with E-state index in [4.69, 9.17) is 4.74 Å². The molecule has 1 rings (SSSR count). The standard InChI is InChI=1S/C13H25N5O/c1-5-14-12-11(19-4)13(17-10-16-12)15-8-6-7-9-18(2)3/h10H,5-9H2,1-4H3,(H2,14,15,16,17). The molecule has 0 fully saturated rings. The molecule has 0 unspecified atom stereocenters. The van der Waals surface area contributed by atoms with E-state index in [-0.39, 0.29) is 0 Å². The number of ether oxygens (including phenoxy) is 1. The zero-order chi connectivity index (χ0) is 14.1. The Morgan fingerprint density at radius 1 is 1.16 bits per heavy atom. The monoisotopic (exact) mass is 267 g/mol. The van der Waals surface area contributed by atoms with Crippen molar-refractivity contribution in [2.45, 2.75) is 19.8 Å². The SMILES string of the molecule is CCNc1ncnc(NCCCCN(C)C)c1OC. The fourth-order valence-electron chi connectivity index (χ4n) is 1.75. The molecule has 1 heterocycles. The zero-order valence-corrected chi connectivity index (χ0v) is 12.4. The number of methoxy groups -OCH3 is 1. The number of unbranched alkanes of at least 4 members (excludes halogenated alkanes) is 1. The van der Waals surface area contributed by atoms with Crippen molar-refractivity contribution >= 4 is 11.6 Å². The van der Waals surface area contributed by atoms with Crippen LogP contribution in [-0.2, 0) is 0 Å². The van der Waals surface area contributed by atoms with Crippen LogP contribution in [0.4, 0.5) is 11.6 Å². The van der Waals surface area contributed by atoms with E-state index in [9.17, 15) is 0 Å². The van der Waals surface area contributed by atoms with Crippen LogP contribution in [0.25, 0.3) is 0 Å². The molecule has 1 aromatic rings. The second-order valence-corrected chi connectivity index (χ2v) is 4.57. The van der Waals surface area contributed by atoms with Gasteiger partial charge in [0.2, 0.25) is 5.75 Å². The third-order valence-corrected chi connectivity index (χ3v) is 2.68. The molecule has 0 aliphatic heterocycles. The highest BCUT2D eigenvalue weighted by Gasteiger charge is 2.10. The van der Waals surface area contributed by atoms with Gasteiger partial charge in [-0.25, -0.2) is 9.97 Å². The fraction of sp³-hybridized carbons (Fsp3) is 0.692. The van der Waals surface area contributed by atoms with Gasteiger partial charge in [-0.15, -0.1) is 0 Å². The van der Waals surface area contributed by atoms with E-state index in [2.05, 4.69) is 39.6 Å². The van der Waals surface area contributed by atoms with Gasteiger partial charge in [-0.2, -0.15) is 0 Å². The van der Waals surface area contributed by atoms with Gasteiger partial charge in [-0.1, -0.05) is 0 Å². The van der Waals surface area contributed by atoms with Crippen LogP contribution in [0.1, 0.15) is 19.8 Å². The topological polar surface area (TPSA) is 62.3 Å². The molecule has 0 bridgehead atoms. The van der Waals surface area contributed by atoms with E-state index >= 15 is 0 Å². The Morgan fingerprint density at radius 3 is 2.42 bits per heavy atom. The average Bonchev–Trinajstić information content (AvgIpc) is 2.38. The van der Waals surface area contributed by atoms with Crippen molar-refractivity contribution in [3.05, 3.63) is 6.33 Å². The predicted molar refractivity (Wildman–Crippen MR) is 79.0 cm³/mol. The van der Waals surface area contributed by atoms with Gasteiger partial charge in [0.1, 0.15) is 6.33 Å². The molecule has 2 N–H and O–H groups in total. The predicted octanol–water partition coefficient (Wildman–Crippen LogP) is 1.67. The van der Waals surface area contributed by atoms with Crippen LogP contribution in [0.3, 0.4) is 0 Å².